The Balaban J connectivity index is 3.13. The summed E-state index contributed by atoms with van der Waals surface area (Å²) in [6.07, 6.45) is 10.2. The first-order valence-electron chi connectivity index (χ1n) is 11.4. The van der Waals surface area contributed by atoms with Gasteiger partial charge in [0.15, 0.2) is 0 Å². The molecule has 0 aromatic heterocycles. The predicted octanol–water partition coefficient (Wildman–Crippen LogP) is 6.23. The fraction of sp³-hybridized carbons (Fsp3) is 0.833. The molecule has 162 valence electrons. The lowest BCUT2D eigenvalue weighted by atomic mass is 9.80. The van der Waals surface area contributed by atoms with Gasteiger partial charge in [-0.15, -0.1) is 0 Å². The molecule has 0 aromatic rings. The van der Waals surface area contributed by atoms with Gasteiger partial charge in [0.1, 0.15) is 0 Å². The Hall–Kier alpha value is -1.32. The highest BCUT2D eigenvalue weighted by atomic mass is 16.5. The number of unbranched alkanes of at least 4 members (excludes halogenated alkanes) is 3. The number of hydrogen-bond donors (Lipinski definition) is 0. The summed E-state index contributed by atoms with van der Waals surface area (Å²) in [4.78, 5) is 26.0. The van der Waals surface area contributed by atoms with Crippen molar-refractivity contribution in [2.24, 2.45) is 17.8 Å². The van der Waals surface area contributed by atoms with Crippen LogP contribution in [0.2, 0.25) is 0 Å². The van der Waals surface area contributed by atoms with Crippen LogP contribution in [0.1, 0.15) is 98.8 Å². The van der Waals surface area contributed by atoms with E-state index in [-0.39, 0.29) is 29.7 Å². The van der Waals surface area contributed by atoms with Crippen LogP contribution >= 0.6 is 0 Å². The fourth-order valence-corrected chi connectivity index (χ4v) is 3.65. The van der Waals surface area contributed by atoms with Gasteiger partial charge in [0.2, 0.25) is 0 Å². The van der Waals surface area contributed by atoms with E-state index < -0.39 is 0 Å². The highest BCUT2D eigenvalue weighted by Gasteiger charge is 2.31. The molecule has 0 unspecified atom stereocenters. The van der Waals surface area contributed by atoms with Gasteiger partial charge in [-0.2, -0.15) is 0 Å². The van der Waals surface area contributed by atoms with Crippen molar-refractivity contribution in [3.8, 4) is 0 Å². The van der Waals surface area contributed by atoms with Crippen LogP contribution in [0.3, 0.4) is 0 Å². The standard InChI is InChI=1S/C24H42O4/c1-6-7-8-12-15-21(23(25)27-16-18(2)3)22(20-13-10-9-11-14-20)24(26)28-17-19(4)5/h18-20H,6-17H2,1-5H3. The van der Waals surface area contributed by atoms with Crippen molar-refractivity contribution in [1.82, 2.24) is 0 Å². The van der Waals surface area contributed by atoms with E-state index in [0.717, 1.165) is 51.4 Å². The van der Waals surface area contributed by atoms with Crippen molar-refractivity contribution < 1.29 is 19.1 Å². The SMILES string of the molecule is CCCCCCC(C(=O)OCC(C)C)=C(C(=O)OCC(C)C)C1CCCCC1. The molecule has 0 atom stereocenters. The minimum atomic E-state index is -0.313. The molecule has 4 heteroatoms. The zero-order valence-electron chi connectivity index (χ0n) is 18.9. The number of carbonyl (C=O) groups excluding carboxylic acids is 2. The third-order valence-electron chi connectivity index (χ3n) is 5.18. The van der Waals surface area contributed by atoms with Crippen molar-refractivity contribution in [2.45, 2.75) is 98.8 Å². The summed E-state index contributed by atoms with van der Waals surface area (Å²) in [5.41, 5.74) is 1.20. The van der Waals surface area contributed by atoms with Crippen LogP contribution in [0.4, 0.5) is 0 Å². The van der Waals surface area contributed by atoms with E-state index in [1.165, 1.54) is 6.42 Å². The summed E-state index contributed by atoms with van der Waals surface area (Å²) in [5, 5.41) is 0. The second-order valence-electron chi connectivity index (χ2n) is 9.02. The van der Waals surface area contributed by atoms with Crippen LogP contribution in [0.25, 0.3) is 0 Å². The Bertz CT molecular complexity index is 499. The average molecular weight is 395 g/mol. The molecule has 0 heterocycles. The maximum Gasteiger partial charge on any atom is 0.334 e. The molecule has 1 aliphatic carbocycles. The Labute approximate surface area is 172 Å². The van der Waals surface area contributed by atoms with Gasteiger partial charge in [-0.3, -0.25) is 0 Å². The van der Waals surface area contributed by atoms with Crippen molar-refractivity contribution in [2.75, 3.05) is 13.2 Å². The molecule has 0 bridgehead atoms. The van der Waals surface area contributed by atoms with Gasteiger partial charge in [0.25, 0.3) is 0 Å². The zero-order chi connectivity index (χ0) is 20.9. The largest absolute Gasteiger partial charge is 0.462 e. The molecule has 0 radical (unpaired) electrons. The summed E-state index contributed by atoms with van der Waals surface area (Å²) in [6.45, 7) is 11.0. The molecule has 4 nitrogen and oxygen atoms in total. The van der Waals surface area contributed by atoms with E-state index in [0.29, 0.717) is 30.8 Å². The average Bonchev–Trinajstić information content (AvgIpc) is 2.67. The molecule has 1 fully saturated rings. The molecule has 28 heavy (non-hydrogen) atoms. The maximum atomic E-state index is 13.0. The molecular formula is C24H42O4. The van der Waals surface area contributed by atoms with Crippen LogP contribution in [0, 0.1) is 17.8 Å². The number of hydrogen-bond acceptors (Lipinski definition) is 4. The van der Waals surface area contributed by atoms with Gasteiger partial charge >= 0.3 is 11.9 Å². The number of carbonyl (C=O) groups is 2. The Morgan fingerprint density at radius 1 is 0.821 bits per heavy atom. The maximum absolute atomic E-state index is 13.0. The van der Waals surface area contributed by atoms with E-state index in [1.54, 1.807) is 0 Å². The number of ether oxygens (including phenoxy) is 2. The molecule has 1 rings (SSSR count). The van der Waals surface area contributed by atoms with Crippen LogP contribution < -0.4 is 0 Å². The molecule has 0 aromatic carbocycles. The second kappa shape index (κ2) is 13.8. The number of esters is 2. The topological polar surface area (TPSA) is 52.6 Å². The van der Waals surface area contributed by atoms with Gasteiger partial charge in [0.05, 0.1) is 18.8 Å². The first-order valence-corrected chi connectivity index (χ1v) is 11.4. The van der Waals surface area contributed by atoms with Gasteiger partial charge in [0, 0.05) is 5.57 Å². The Kier molecular flexibility index (Phi) is 12.2. The number of rotatable bonds is 12. The summed E-state index contributed by atoms with van der Waals surface area (Å²) in [6, 6.07) is 0. The zero-order valence-corrected chi connectivity index (χ0v) is 18.9. The smallest absolute Gasteiger partial charge is 0.334 e. The minimum absolute atomic E-state index is 0.126. The van der Waals surface area contributed by atoms with E-state index in [9.17, 15) is 9.59 Å². The molecule has 0 spiro atoms. The molecule has 0 saturated heterocycles. The van der Waals surface area contributed by atoms with Crippen molar-refractivity contribution in [3.63, 3.8) is 0 Å². The lowest BCUT2D eigenvalue weighted by molar-refractivity contribution is -0.144. The summed E-state index contributed by atoms with van der Waals surface area (Å²) in [7, 11) is 0. The Morgan fingerprint density at radius 3 is 1.93 bits per heavy atom. The lowest BCUT2D eigenvalue weighted by Gasteiger charge is -2.26. The monoisotopic (exact) mass is 394 g/mol. The molecular weight excluding hydrogens is 352 g/mol. The summed E-state index contributed by atoms with van der Waals surface area (Å²) in [5.74, 6) is 0.0646. The van der Waals surface area contributed by atoms with E-state index >= 15 is 0 Å². The minimum Gasteiger partial charge on any atom is -0.462 e. The van der Waals surface area contributed by atoms with E-state index in [2.05, 4.69) is 6.92 Å². The predicted molar refractivity (Wildman–Crippen MR) is 114 cm³/mol. The first-order chi connectivity index (χ1) is 13.4. The summed E-state index contributed by atoms with van der Waals surface area (Å²) < 4.78 is 11.2. The lowest BCUT2D eigenvalue weighted by Crippen LogP contribution is -2.25. The van der Waals surface area contributed by atoms with Gasteiger partial charge in [-0.1, -0.05) is 73.1 Å². The molecule has 0 amide bonds. The molecule has 0 aliphatic heterocycles. The summed E-state index contributed by atoms with van der Waals surface area (Å²) >= 11 is 0. The first kappa shape index (κ1) is 24.7. The molecule has 1 saturated carbocycles. The van der Waals surface area contributed by atoms with Crippen LogP contribution in [0.15, 0.2) is 11.1 Å². The van der Waals surface area contributed by atoms with Crippen molar-refractivity contribution >= 4 is 11.9 Å². The van der Waals surface area contributed by atoms with Gasteiger partial charge in [-0.25, -0.2) is 9.59 Å². The van der Waals surface area contributed by atoms with Crippen LogP contribution in [0.5, 0.6) is 0 Å². The van der Waals surface area contributed by atoms with E-state index in [1.807, 2.05) is 27.7 Å². The normalized spacial score (nSPS) is 16.2. The van der Waals surface area contributed by atoms with Gasteiger partial charge < -0.3 is 9.47 Å². The molecule has 0 N–H and O–H groups in total. The third kappa shape index (κ3) is 9.25. The quantitative estimate of drug-likeness (QED) is 0.224. The Morgan fingerprint density at radius 2 is 1.39 bits per heavy atom. The van der Waals surface area contributed by atoms with Crippen molar-refractivity contribution in [1.29, 1.82) is 0 Å². The molecule has 1 aliphatic rings. The third-order valence-corrected chi connectivity index (χ3v) is 5.18. The van der Waals surface area contributed by atoms with E-state index in [4.69, 9.17) is 9.47 Å². The van der Waals surface area contributed by atoms with Crippen molar-refractivity contribution in [3.05, 3.63) is 11.1 Å². The van der Waals surface area contributed by atoms with Gasteiger partial charge in [-0.05, 0) is 43.4 Å². The highest BCUT2D eigenvalue weighted by molar-refractivity contribution is 6.00. The van der Waals surface area contributed by atoms with Crippen LogP contribution in [-0.4, -0.2) is 25.2 Å². The van der Waals surface area contributed by atoms with Crippen LogP contribution in [-0.2, 0) is 19.1 Å². The fourth-order valence-electron chi connectivity index (χ4n) is 3.65. The highest BCUT2D eigenvalue weighted by Crippen LogP contribution is 2.34. The second-order valence-corrected chi connectivity index (χ2v) is 9.02.